The van der Waals surface area contributed by atoms with Gasteiger partial charge in [-0.3, -0.25) is 5.10 Å². The molecule has 0 radical (unpaired) electrons. The zero-order chi connectivity index (χ0) is 13.2. The third kappa shape index (κ3) is 2.80. The molecular formula is C7H14N4O5S. The van der Waals surface area contributed by atoms with E-state index in [1.165, 1.54) is 0 Å². The maximum Gasteiger partial charge on any atom is 0.214 e. The summed E-state index contributed by atoms with van der Waals surface area (Å²) in [6, 6.07) is 0. The summed E-state index contributed by atoms with van der Waals surface area (Å²) < 4.78 is 0.838. The smallest absolute Gasteiger partial charge is 0.214 e. The summed E-state index contributed by atoms with van der Waals surface area (Å²) in [6.07, 6.45) is -6.78. The fraction of sp³-hybridized carbons (Fsp3) is 0.714. The van der Waals surface area contributed by atoms with Crippen LogP contribution in [0.15, 0.2) is 0 Å². The van der Waals surface area contributed by atoms with Crippen LogP contribution >= 0.6 is 12.2 Å². The first kappa shape index (κ1) is 14.0. The number of aromatic nitrogens is 3. The van der Waals surface area contributed by atoms with E-state index in [2.05, 4.69) is 10.2 Å². The molecule has 1 heterocycles. The number of nitrogens with zero attached hydrogens (tertiary/aromatic N) is 2. The molecule has 1 aromatic rings. The van der Waals surface area contributed by atoms with E-state index in [-0.39, 0.29) is 10.6 Å². The van der Waals surface area contributed by atoms with Gasteiger partial charge < -0.3 is 31.4 Å². The molecule has 9 nitrogen and oxygen atoms in total. The van der Waals surface area contributed by atoms with Gasteiger partial charge in [0.25, 0.3) is 0 Å². The highest BCUT2D eigenvalue weighted by Gasteiger charge is 2.33. The summed E-state index contributed by atoms with van der Waals surface area (Å²) in [6.45, 7) is -0.763. The average molecular weight is 266 g/mol. The number of nitrogens with two attached hydrogens (primary N) is 1. The molecule has 0 aliphatic rings. The lowest BCUT2D eigenvalue weighted by Gasteiger charge is -2.24. The monoisotopic (exact) mass is 266 g/mol. The van der Waals surface area contributed by atoms with Crippen LogP contribution in [0, 0.1) is 4.77 Å². The van der Waals surface area contributed by atoms with E-state index >= 15 is 0 Å². The van der Waals surface area contributed by atoms with Crippen molar-refractivity contribution in [3.63, 3.8) is 0 Å². The van der Waals surface area contributed by atoms with Gasteiger partial charge in [-0.15, -0.1) is 0 Å². The van der Waals surface area contributed by atoms with E-state index in [1.807, 2.05) is 0 Å². The van der Waals surface area contributed by atoms with Crippen molar-refractivity contribution in [1.82, 2.24) is 14.9 Å². The molecule has 0 fully saturated rings. The van der Waals surface area contributed by atoms with Crippen molar-refractivity contribution in [2.24, 2.45) is 0 Å². The normalized spacial score (nSPS) is 18.6. The van der Waals surface area contributed by atoms with Gasteiger partial charge in [0.1, 0.15) is 24.4 Å². The van der Waals surface area contributed by atoms with E-state index in [0.29, 0.717) is 0 Å². The number of nitrogen functional groups attached to an aromatic ring is 1. The van der Waals surface area contributed by atoms with Crippen LogP contribution in [0.2, 0.25) is 0 Å². The quantitative estimate of drug-likeness (QED) is 0.216. The average Bonchev–Trinajstić information content (AvgIpc) is 2.66. The minimum absolute atomic E-state index is 0.0171. The van der Waals surface area contributed by atoms with E-state index in [4.69, 9.17) is 28.3 Å². The molecule has 0 amide bonds. The molecule has 4 atom stereocenters. The standard InChI is InChI=1S/C7H14N4O5S/c8-11-6(9-10-7(11)17)5(16)4(15)3(14)2(13)1-12/h2-5,12-16H,1,8H2,(H,10,17)/t2-,3-,4+,5-/m1/s1. The fourth-order valence-electron chi connectivity index (χ4n) is 1.20. The van der Waals surface area contributed by atoms with Crippen molar-refractivity contribution in [2.45, 2.75) is 24.4 Å². The molecule has 0 saturated carbocycles. The van der Waals surface area contributed by atoms with Crippen LogP contribution in [0.25, 0.3) is 0 Å². The van der Waals surface area contributed by atoms with Crippen LogP contribution in [0.3, 0.4) is 0 Å². The molecular weight excluding hydrogens is 252 g/mol. The first-order valence-electron chi connectivity index (χ1n) is 4.65. The van der Waals surface area contributed by atoms with Gasteiger partial charge in [0.15, 0.2) is 5.82 Å². The number of rotatable bonds is 5. The van der Waals surface area contributed by atoms with Crippen molar-refractivity contribution in [3.8, 4) is 0 Å². The molecule has 0 aliphatic carbocycles. The molecule has 1 aromatic heterocycles. The van der Waals surface area contributed by atoms with Gasteiger partial charge in [-0.25, -0.2) is 4.68 Å². The van der Waals surface area contributed by atoms with Gasteiger partial charge in [-0.05, 0) is 12.2 Å². The SMILES string of the molecule is Nn1c([C@H](O)[C@@H](O)[C@H](O)[C@H](O)CO)n[nH]c1=S. The van der Waals surface area contributed by atoms with Crippen molar-refractivity contribution in [3.05, 3.63) is 10.6 Å². The first-order chi connectivity index (χ1) is 7.90. The molecule has 0 bridgehead atoms. The van der Waals surface area contributed by atoms with Crippen molar-refractivity contribution < 1.29 is 25.5 Å². The number of H-pyrrole nitrogens is 1. The third-order valence-electron chi connectivity index (χ3n) is 2.25. The van der Waals surface area contributed by atoms with Crippen LogP contribution in [-0.2, 0) is 0 Å². The van der Waals surface area contributed by atoms with E-state index < -0.39 is 31.0 Å². The van der Waals surface area contributed by atoms with Crippen LogP contribution in [0.5, 0.6) is 0 Å². The molecule has 8 N–H and O–H groups in total. The molecule has 98 valence electrons. The van der Waals surface area contributed by atoms with E-state index in [0.717, 1.165) is 4.68 Å². The maximum atomic E-state index is 9.67. The highest BCUT2D eigenvalue weighted by molar-refractivity contribution is 7.71. The Hall–Kier alpha value is -1.04. The number of hydrogen-bond donors (Lipinski definition) is 7. The lowest BCUT2D eigenvalue weighted by Crippen LogP contribution is -2.43. The van der Waals surface area contributed by atoms with Crippen LogP contribution in [-0.4, -0.2) is 65.3 Å². The predicted molar refractivity (Wildman–Crippen MR) is 57.6 cm³/mol. The van der Waals surface area contributed by atoms with Crippen molar-refractivity contribution in [1.29, 1.82) is 0 Å². The van der Waals surface area contributed by atoms with E-state index in [1.54, 1.807) is 0 Å². The zero-order valence-electron chi connectivity index (χ0n) is 8.63. The molecule has 0 spiro atoms. The number of hydrogen-bond acceptors (Lipinski definition) is 8. The third-order valence-corrected chi connectivity index (χ3v) is 2.54. The molecule has 0 unspecified atom stereocenters. The second-order valence-electron chi connectivity index (χ2n) is 3.43. The van der Waals surface area contributed by atoms with Crippen LogP contribution in [0.4, 0.5) is 0 Å². The molecule has 0 aliphatic heterocycles. The summed E-state index contributed by atoms with van der Waals surface area (Å²) in [5.74, 6) is 5.20. The number of aromatic amines is 1. The summed E-state index contributed by atoms with van der Waals surface area (Å²) in [4.78, 5) is 0. The Morgan fingerprint density at radius 2 is 1.88 bits per heavy atom. The Kier molecular flexibility index (Phi) is 4.56. The van der Waals surface area contributed by atoms with Crippen LogP contribution in [0.1, 0.15) is 11.9 Å². The maximum absolute atomic E-state index is 9.67. The van der Waals surface area contributed by atoms with Crippen molar-refractivity contribution in [2.75, 3.05) is 12.4 Å². The second kappa shape index (κ2) is 5.53. The number of aliphatic hydroxyl groups is 5. The highest BCUT2D eigenvalue weighted by Crippen LogP contribution is 2.17. The van der Waals surface area contributed by atoms with Crippen molar-refractivity contribution >= 4 is 12.2 Å². The second-order valence-corrected chi connectivity index (χ2v) is 3.82. The van der Waals surface area contributed by atoms with Gasteiger partial charge in [-0.2, -0.15) is 5.10 Å². The molecule has 17 heavy (non-hydrogen) atoms. The predicted octanol–water partition coefficient (Wildman–Crippen LogP) is -3.24. The minimum Gasteiger partial charge on any atom is -0.394 e. The topological polar surface area (TPSA) is 161 Å². The number of aliphatic hydroxyl groups excluding tert-OH is 5. The molecule has 0 saturated heterocycles. The Labute approximate surface area is 101 Å². The largest absolute Gasteiger partial charge is 0.394 e. The zero-order valence-corrected chi connectivity index (χ0v) is 9.45. The molecule has 0 aromatic carbocycles. The molecule has 10 heteroatoms. The van der Waals surface area contributed by atoms with Crippen LogP contribution < -0.4 is 5.84 Å². The lowest BCUT2D eigenvalue weighted by molar-refractivity contribution is -0.118. The van der Waals surface area contributed by atoms with Gasteiger partial charge in [0.05, 0.1) is 6.61 Å². The summed E-state index contributed by atoms with van der Waals surface area (Å²) in [7, 11) is 0. The van der Waals surface area contributed by atoms with E-state index in [9.17, 15) is 15.3 Å². The highest BCUT2D eigenvalue weighted by atomic mass is 32.1. The lowest BCUT2D eigenvalue weighted by atomic mass is 10.0. The summed E-state index contributed by atoms with van der Waals surface area (Å²) in [5, 5.41) is 52.1. The summed E-state index contributed by atoms with van der Waals surface area (Å²) in [5.41, 5.74) is 0. The van der Waals surface area contributed by atoms with Gasteiger partial charge in [-0.1, -0.05) is 0 Å². The summed E-state index contributed by atoms with van der Waals surface area (Å²) >= 11 is 4.70. The Balaban J connectivity index is 2.86. The number of nitrogens with one attached hydrogen (secondary N) is 1. The van der Waals surface area contributed by atoms with Gasteiger partial charge >= 0.3 is 0 Å². The minimum atomic E-state index is -1.77. The fourth-order valence-corrected chi connectivity index (χ4v) is 1.34. The first-order valence-corrected chi connectivity index (χ1v) is 5.06. The Morgan fingerprint density at radius 1 is 1.29 bits per heavy atom. The Morgan fingerprint density at radius 3 is 2.29 bits per heavy atom. The molecule has 1 rings (SSSR count). The Bertz CT molecular complexity index is 421. The van der Waals surface area contributed by atoms with Gasteiger partial charge in [0, 0.05) is 0 Å². The van der Waals surface area contributed by atoms with Gasteiger partial charge in [0.2, 0.25) is 4.77 Å².